The zero-order chi connectivity index (χ0) is 21.1. The Kier molecular flexibility index (Phi) is 6.29. The van der Waals surface area contributed by atoms with Crippen molar-refractivity contribution in [1.29, 1.82) is 0 Å². The number of carbonyl (C=O) groups excluding carboxylic acids is 1. The standard InChI is InChI=1S/C26H28ClNO2/c1-18-6-3-4-7-20(18)8-5-15-30-23-11-12-24-19(2)22(10-9-21(24)16-23)17-28-14-13-25(28)26(27)29/h3-4,6-7,11-14,16,25H,5,8-10,15,17H2,1-2H3. The molecule has 0 saturated heterocycles. The van der Waals surface area contributed by atoms with Crippen LogP contribution in [0.4, 0.5) is 0 Å². The van der Waals surface area contributed by atoms with Crippen LogP contribution in [0.5, 0.6) is 5.75 Å². The molecule has 1 atom stereocenters. The van der Waals surface area contributed by atoms with Crippen LogP contribution in [0, 0.1) is 6.92 Å². The lowest BCUT2D eigenvalue weighted by Crippen LogP contribution is -2.42. The summed E-state index contributed by atoms with van der Waals surface area (Å²) in [5.41, 5.74) is 8.07. The molecule has 156 valence electrons. The second kappa shape index (κ2) is 9.09. The van der Waals surface area contributed by atoms with Gasteiger partial charge in [-0.3, -0.25) is 4.79 Å². The van der Waals surface area contributed by atoms with Crippen LogP contribution >= 0.6 is 11.6 Å². The number of hydrogen-bond acceptors (Lipinski definition) is 3. The summed E-state index contributed by atoms with van der Waals surface area (Å²) in [5, 5.41) is -0.309. The molecule has 1 unspecified atom stereocenters. The highest BCUT2D eigenvalue weighted by Gasteiger charge is 2.28. The van der Waals surface area contributed by atoms with E-state index in [1.165, 1.54) is 33.4 Å². The van der Waals surface area contributed by atoms with Gasteiger partial charge >= 0.3 is 0 Å². The minimum Gasteiger partial charge on any atom is -0.494 e. The van der Waals surface area contributed by atoms with Gasteiger partial charge in [-0.15, -0.1) is 0 Å². The number of hydrogen-bond donors (Lipinski definition) is 0. The van der Waals surface area contributed by atoms with Crippen molar-refractivity contribution in [1.82, 2.24) is 4.90 Å². The number of carbonyl (C=O) groups is 1. The molecule has 4 rings (SSSR count). The normalized spacial score (nSPS) is 17.6. The third kappa shape index (κ3) is 4.46. The number of benzene rings is 2. The van der Waals surface area contributed by atoms with E-state index < -0.39 is 0 Å². The van der Waals surface area contributed by atoms with Crippen LogP contribution in [-0.4, -0.2) is 29.3 Å². The topological polar surface area (TPSA) is 29.5 Å². The summed E-state index contributed by atoms with van der Waals surface area (Å²) in [7, 11) is 0. The Hall–Kier alpha value is -2.52. The average molecular weight is 422 g/mol. The molecule has 0 radical (unpaired) electrons. The Morgan fingerprint density at radius 2 is 2.00 bits per heavy atom. The molecule has 0 spiro atoms. The molecule has 0 fully saturated rings. The van der Waals surface area contributed by atoms with Crippen molar-refractivity contribution in [3.05, 3.63) is 82.6 Å². The van der Waals surface area contributed by atoms with E-state index in [1.54, 1.807) is 0 Å². The molecule has 1 aliphatic carbocycles. The Bertz CT molecular complexity index is 1010. The van der Waals surface area contributed by atoms with E-state index in [0.717, 1.165) is 44.6 Å². The zero-order valence-electron chi connectivity index (χ0n) is 17.7. The predicted molar refractivity (Wildman–Crippen MR) is 123 cm³/mol. The summed E-state index contributed by atoms with van der Waals surface area (Å²) in [6.45, 7) is 5.83. The van der Waals surface area contributed by atoms with Gasteiger partial charge in [0, 0.05) is 6.54 Å². The molecule has 0 bridgehead atoms. The summed E-state index contributed by atoms with van der Waals surface area (Å²) in [5.74, 6) is 0.952. The van der Waals surface area contributed by atoms with Gasteiger partial charge in [0.2, 0.25) is 5.24 Å². The van der Waals surface area contributed by atoms with E-state index in [0.29, 0.717) is 0 Å². The Morgan fingerprint density at radius 1 is 1.17 bits per heavy atom. The summed E-state index contributed by atoms with van der Waals surface area (Å²) >= 11 is 5.66. The minimum atomic E-state index is -0.309. The molecule has 2 aromatic rings. The largest absolute Gasteiger partial charge is 0.494 e. The van der Waals surface area contributed by atoms with Gasteiger partial charge in [-0.05, 0) is 109 Å². The molecule has 30 heavy (non-hydrogen) atoms. The van der Waals surface area contributed by atoms with Crippen LogP contribution in [0.15, 0.2) is 60.3 Å². The third-order valence-corrected chi connectivity index (χ3v) is 6.47. The van der Waals surface area contributed by atoms with E-state index >= 15 is 0 Å². The van der Waals surface area contributed by atoms with Gasteiger partial charge in [-0.25, -0.2) is 0 Å². The van der Waals surface area contributed by atoms with Crippen molar-refractivity contribution in [3.8, 4) is 5.75 Å². The number of nitrogens with zero attached hydrogens (tertiary/aromatic N) is 1. The number of aryl methyl sites for hydroxylation is 3. The van der Waals surface area contributed by atoms with Gasteiger partial charge in [0.25, 0.3) is 0 Å². The fourth-order valence-electron chi connectivity index (χ4n) is 4.31. The van der Waals surface area contributed by atoms with E-state index in [4.69, 9.17) is 16.3 Å². The maximum absolute atomic E-state index is 11.4. The van der Waals surface area contributed by atoms with Crippen molar-refractivity contribution < 1.29 is 9.53 Å². The van der Waals surface area contributed by atoms with Gasteiger partial charge in [-0.2, -0.15) is 0 Å². The first-order valence-corrected chi connectivity index (χ1v) is 11.0. The Balaban J connectivity index is 1.35. The molecule has 1 heterocycles. The lowest BCUT2D eigenvalue weighted by molar-refractivity contribution is -0.115. The van der Waals surface area contributed by atoms with Crippen molar-refractivity contribution in [3.63, 3.8) is 0 Å². The van der Waals surface area contributed by atoms with Crippen LogP contribution in [0.1, 0.15) is 42.0 Å². The molecule has 2 aliphatic rings. The quantitative estimate of drug-likeness (QED) is 0.405. The SMILES string of the molecule is CC1=C(CN2C=CC2C(=O)Cl)CCc2cc(OCCCc3ccccc3C)ccc21. The first-order chi connectivity index (χ1) is 14.5. The highest BCUT2D eigenvalue weighted by molar-refractivity contribution is 6.65. The monoisotopic (exact) mass is 421 g/mol. The van der Waals surface area contributed by atoms with Crippen LogP contribution in [0.3, 0.4) is 0 Å². The molecule has 3 nitrogen and oxygen atoms in total. The van der Waals surface area contributed by atoms with Gasteiger partial charge in [-0.1, -0.05) is 30.3 Å². The second-order valence-corrected chi connectivity index (χ2v) is 8.56. The molecule has 1 aliphatic heterocycles. The summed E-state index contributed by atoms with van der Waals surface area (Å²) in [6.07, 6.45) is 7.86. The summed E-state index contributed by atoms with van der Waals surface area (Å²) in [6, 6.07) is 14.7. The molecule has 0 amide bonds. The molecule has 4 heteroatoms. The zero-order valence-corrected chi connectivity index (χ0v) is 18.4. The first-order valence-electron chi connectivity index (χ1n) is 10.7. The number of allylic oxidation sites excluding steroid dienone is 1. The fraction of sp³-hybridized carbons (Fsp3) is 0.346. The molecule has 2 aromatic carbocycles. The number of rotatable bonds is 8. The van der Waals surface area contributed by atoms with Crippen molar-refractivity contribution in [2.45, 2.75) is 45.6 Å². The van der Waals surface area contributed by atoms with Gasteiger partial charge in [0.15, 0.2) is 0 Å². The smallest absolute Gasteiger partial charge is 0.248 e. The summed E-state index contributed by atoms with van der Waals surface area (Å²) < 4.78 is 6.04. The molecule has 0 aromatic heterocycles. The lowest BCUT2D eigenvalue weighted by Gasteiger charge is -2.35. The van der Waals surface area contributed by atoms with Crippen molar-refractivity contribution in [2.75, 3.05) is 13.2 Å². The van der Waals surface area contributed by atoms with Crippen LogP contribution < -0.4 is 4.74 Å². The van der Waals surface area contributed by atoms with Gasteiger partial charge in [0.05, 0.1) is 6.61 Å². The fourth-order valence-corrected chi connectivity index (χ4v) is 4.51. The van der Waals surface area contributed by atoms with Crippen LogP contribution in [0.2, 0.25) is 0 Å². The van der Waals surface area contributed by atoms with Gasteiger partial charge in [0.1, 0.15) is 11.8 Å². The van der Waals surface area contributed by atoms with Crippen LogP contribution in [0.25, 0.3) is 5.57 Å². The maximum atomic E-state index is 11.4. The molecular weight excluding hydrogens is 394 g/mol. The number of fused-ring (bicyclic) bond motifs is 1. The van der Waals surface area contributed by atoms with E-state index in [1.807, 2.05) is 17.2 Å². The predicted octanol–water partition coefficient (Wildman–Crippen LogP) is 5.69. The van der Waals surface area contributed by atoms with Gasteiger partial charge < -0.3 is 9.64 Å². The maximum Gasteiger partial charge on any atom is 0.248 e. The Morgan fingerprint density at radius 3 is 2.73 bits per heavy atom. The van der Waals surface area contributed by atoms with E-state index in [-0.39, 0.29) is 11.3 Å². The van der Waals surface area contributed by atoms with Crippen molar-refractivity contribution in [2.24, 2.45) is 0 Å². The minimum absolute atomic E-state index is 0.274. The summed E-state index contributed by atoms with van der Waals surface area (Å²) in [4.78, 5) is 13.5. The highest BCUT2D eigenvalue weighted by Crippen LogP contribution is 2.34. The molecule has 0 N–H and O–H groups in total. The number of halogens is 1. The second-order valence-electron chi connectivity index (χ2n) is 8.19. The third-order valence-electron chi connectivity index (χ3n) is 6.25. The van der Waals surface area contributed by atoms with E-state index in [2.05, 4.69) is 56.3 Å². The average Bonchev–Trinajstić information content (AvgIpc) is 2.70. The highest BCUT2D eigenvalue weighted by atomic mass is 35.5. The lowest BCUT2D eigenvalue weighted by atomic mass is 9.85. The van der Waals surface area contributed by atoms with Crippen LogP contribution in [-0.2, 0) is 17.6 Å². The Labute approximate surface area is 184 Å². The number of ether oxygens (including phenoxy) is 1. The van der Waals surface area contributed by atoms with Crippen molar-refractivity contribution >= 4 is 22.4 Å². The molecular formula is C26H28ClNO2. The first kappa shape index (κ1) is 20.7. The van der Waals surface area contributed by atoms with E-state index in [9.17, 15) is 4.79 Å². The molecule has 0 saturated carbocycles.